The number of nitrogens with one attached hydrogen (secondary N) is 1. The van der Waals surface area contributed by atoms with Crippen LogP contribution in [0.2, 0.25) is 0 Å². The lowest BCUT2D eigenvalue weighted by atomic mass is 9.93. The van der Waals surface area contributed by atoms with Crippen molar-refractivity contribution in [2.45, 2.75) is 45.4 Å². The lowest BCUT2D eigenvalue weighted by Gasteiger charge is -2.35. The lowest BCUT2D eigenvalue weighted by Crippen LogP contribution is -2.45. The topological polar surface area (TPSA) is 61.4 Å². The molecule has 2 aliphatic heterocycles. The predicted molar refractivity (Wildman–Crippen MR) is 120 cm³/mol. The molecule has 0 saturated carbocycles. The Balaban J connectivity index is 1.30. The van der Waals surface area contributed by atoms with E-state index in [0.29, 0.717) is 18.4 Å². The molecule has 2 aliphatic rings. The number of aryl methyl sites for hydroxylation is 1. The molecule has 6 heteroatoms. The van der Waals surface area contributed by atoms with Gasteiger partial charge in [0, 0.05) is 30.9 Å². The van der Waals surface area contributed by atoms with E-state index in [2.05, 4.69) is 39.2 Å². The number of anilines is 2. The Morgan fingerprint density at radius 3 is 2.57 bits per heavy atom. The van der Waals surface area contributed by atoms with Gasteiger partial charge in [-0.05, 0) is 75.4 Å². The van der Waals surface area contributed by atoms with E-state index in [0.717, 1.165) is 80.7 Å². The zero-order chi connectivity index (χ0) is 20.9. The molecule has 2 aromatic heterocycles. The Kier molecular flexibility index (Phi) is 6.62. The van der Waals surface area contributed by atoms with E-state index in [1.54, 1.807) is 6.20 Å². The third-order valence-corrected chi connectivity index (χ3v) is 6.53. The van der Waals surface area contributed by atoms with Gasteiger partial charge in [-0.25, -0.2) is 9.97 Å². The quantitative estimate of drug-likeness (QED) is 0.813. The van der Waals surface area contributed by atoms with Gasteiger partial charge in [-0.2, -0.15) is 0 Å². The Morgan fingerprint density at radius 1 is 1.07 bits per heavy atom. The Bertz CT molecular complexity index is 854. The van der Waals surface area contributed by atoms with Crippen molar-refractivity contribution in [3.8, 4) is 0 Å². The smallest absolute Gasteiger partial charge is 0.236 e. The van der Waals surface area contributed by atoms with Crippen molar-refractivity contribution in [3.05, 3.63) is 47.8 Å². The van der Waals surface area contributed by atoms with E-state index in [4.69, 9.17) is 4.98 Å². The molecular weight excluding hydrogens is 374 g/mol. The first-order chi connectivity index (χ1) is 14.6. The van der Waals surface area contributed by atoms with Gasteiger partial charge in [0.05, 0.1) is 6.54 Å². The summed E-state index contributed by atoms with van der Waals surface area (Å²) in [7, 11) is 0. The van der Waals surface area contributed by atoms with Crippen molar-refractivity contribution in [2.75, 3.05) is 38.0 Å². The summed E-state index contributed by atoms with van der Waals surface area (Å²) in [6.45, 7) is 8.66. The number of hydrogen-bond donors (Lipinski definition) is 1. The Hall–Kier alpha value is -2.47. The molecule has 0 aromatic carbocycles. The number of carbonyl (C=O) groups excluding carboxylic acids is 1. The average molecular weight is 408 g/mol. The van der Waals surface area contributed by atoms with Gasteiger partial charge in [0.2, 0.25) is 5.91 Å². The molecule has 160 valence electrons. The van der Waals surface area contributed by atoms with E-state index in [1.807, 2.05) is 25.1 Å². The van der Waals surface area contributed by atoms with Gasteiger partial charge in [-0.1, -0.05) is 19.1 Å². The molecule has 2 aromatic rings. The first-order valence-corrected chi connectivity index (χ1v) is 11.2. The SMILES string of the molecule is Cc1cccnc1Nc1cccc(C2CCN(CC(=O)N3CCC(C)CC3)CC2)n1. The molecule has 0 spiro atoms. The summed E-state index contributed by atoms with van der Waals surface area (Å²) in [5.74, 6) is 3.19. The number of pyridine rings is 2. The molecule has 4 heterocycles. The van der Waals surface area contributed by atoms with E-state index in [1.165, 1.54) is 0 Å². The normalized spacial score (nSPS) is 19.1. The van der Waals surface area contributed by atoms with Crippen molar-refractivity contribution >= 4 is 17.5 Å². The van der Waals surface area contributed by atoms with Crippen LogP contribution in [0.1, 0.15) is 49.8 Å². The van der Waals surface area contributed by atoms with Crippen LogP contribution in [0.5, 0.6) is 0 Å². The number of amides is 1. The van der Waals surface area contributed by atoms with Crippen LogP contribution in [-0.2, 0) is 4.79 Å². The van der Waals surface area contributed by atoms with Crippen molar-refractivity contribution in [3.63, 3.8) is 0 Å². The van der Waals surface area contributed by atoms with E-state index < -0.39 is 0 Å². The summed E-state index contributed by atoms with van der Waals surface area (Å²) in [6.07, 6.45) is 6.16. The van der Waals surface area contributed by atoms with Gasteiger partial charge < -0.3 is 10.2 Å². The number of carbonyl (C=O) groups is 1. The third-order valence-electron chi connectivity index (χ3n) is 6.53. The van der Waals surface area contributed by atoms with Crippen LogP contribution in [0.15, 0.2) is 36.5 Å². The maximum atomic E-state index is 12.6. The van der Waals surface area contributed by atoms with Crippen LogP contribution < -0.4 is 5.32 Å². The van der Waals surface area contributed by atoms with Crippen molar-refractivity contribution < 1.29 is 4.79 Å². The fourth-order valence-electron chi connectivity index (χ4n) is 4.42. The van der Waals surface area contributed by atoms with Gasteiger partial charge in [0.15, 0.2) is 0 Å². The molecule has 1 amide bonds. The number of piperidine rings is 2. The molecule has 0 radical (unpaired) electrons. The van der Waals surface area contributed by atoms with Crippen LogP contribution in [0, 0.1) is 12.8 Å². The minimum Gasteiger partial charge on any atom is -0.342 e. The maximum absolute atomic E-state index is 12.6. The molecule has 0 aliphatic carbocycles. The molecule has 30 heavy (non-hydrogen) atoms. The van der Waals surface area contributed by atoms with Crippen molar-refractivity contribution in [1.82, 2.24) is 19.8 Å². The minimum atomic E-state index is 0.301. The standard InChI is InChI=1S/C24H33N5O/c1-18-8-15-29(16-9-18)23(30)17-28-13-10-20(11-14-28)21-6-3-7-22(26-21)27-24-19(2)5-4-12-25-24/h3-7,12,18,20H,8-11,13-17H2,1-2H3,(H,25,26,27). The second kappa shape index (κ2) is 9.56. The van der Waals surface area contributed by atoms with Crippen LogP contribution in [0.3, 0.4) is 0 Å². The highest BCUT2D eigenvalue weighted by Crippen LogP contribution is 2.28. The largest absolute Gasteiger partial charge is 0.342 e. The zero-order valence-corrected chi connectivity index (χ0v) is 18.2. The highest BCUT2D eigenvalue weighted by atomic mass is 16.2. The van der Waals surface area contributed by atoms with E-state index in [9.17, 15) is 4.79 Å². The average Bonchev–Trinajstić information content (AvgIpc) is 2.76. The summed E-state index contributed by atoms with van der Waals surface area (Å²) >= 11 is 0. The summed E-state index contributed by atoms with van der Waals surface area (Å²) in [5, 5.41) is 3.34. The molecule has 4 rings (SSSR count). The highest BCUT2D eigenvalue weighted by molar-refractivity contribution is 5.78. The molecule has 1 N–H and O–H groups in total. The van der Waals surface area contributed by atoms with Gasteiger partial charge >= 0.3 is 0 Å². The lowest BCUT2D eigenvalue weighted by molar-refractivity contribution is -0.134. The number of likely N-dealkylation sites (tertiary alicyclic amines) is 2. The van der Waals surface area contributed by atoms with Gasteiger partial charge in [-0.3, -0.25) is 9.69 Å². The fourth-order valence-corrected chi connectivity index (χ4v) is 4.42. The minimum absolute atomic E-state index is 0.301. The third kappa shape index (κ3) is 5.17. The van der Waals surface area contributed by atoms with E-state index >= 15 is 0 Å². The number of rotatable bonds is 5. The number of aromatic nitrogens is 2. The van der Waals surface area contributed by atoms with Crippen LogP contribution >= 0.6 is 0 Å². The van der Waals surface area contributed by atoms with Crippen molar-refractivity contribution in [2.24, 2.45) is 5.92 Å². The fraction of sp³-hybridized carbons (Fsp3) is 0.542. The molecule has 0 unspecified atom stereocenters. The molecular formula is C24H33N5O. The highest BCUT2D eigenvalue weighted by Gasteiger charge is 2.26. The van der Waals surface area contributed by atoms with Gasteiger partial charge in [0.25, 0.3) is 0 Å². The molecule has 2 saturated heterocycles. The van der Waals surface area contributed by atoms with Crippen LogP contribution in [0.4, 0.5) is 11.6 Å². The van der Waals surface area contributed by atoms with E-state index in [-0.39, 0.29) is 0 Å². The Labute approximate surface area is 179 Å². The monoisotopic (exact) mass is 407 g/mol. The predicted octanol–water partition coefficient (Wildman–Crippen LogP) is 3.97. The second-order valence-corrected chi connectivity index (χ2v) is 8.86. The summed E-state index contributed by atoms with van der Waals surface area (Å²) in [6, 6.07) is 10.2. The summed E-state index contributed by atoms with van der Waals surface area (Å²) in [5.41, 5.74) is 2.23. The number of hydrogen-bond acceptors (Lipinski definition) is 5. The summed E-state index contributed by atoms with van der Waals surface area (Å²) in [4.78, 5) is 26.3. The second-order valence-electron chi connectivity index (χ2n) is 8.86. The zero-order valence-electron chi connectivity index (χ0n) is 18.2. The molecule has 0 atom stereocenters. The maximum Gasteiger partial charge on any atom is 0.236 e. The van der Waals surface area contributed by atoms with Gasteiger partial charge in [0.1, 0.15) is 11.6 Å². The van der Waals surface area contributed by atoms with Gasteiger partial charge in [-0.15, -0.1) is 0 Å². The number of nitrogens with zero attached hydrogens (tertiary/aromatic N) is 4. The van der Waals surface area contributed by atoms with Crippen LogP contribution in [-0.4, -0.2) is 58.4 Å². The first-order valence-electron chi connectivity index (χ1n) is 11.2. The molecule has 0 bridgehead atoms. The molecule has 6 nitrogen and oxygen atoms in total. The first kappa shape index (κ1) is 20.8. The van der Waals surface area contributed by atoms with Crippen LogP contribution in [0.25, 0.3) is 0 Å². The van der Waals surface area contributed by atoms with Crippen molar-refractivity contribution in [1.29, 1.82) is 0 Å². The molecule has 2 fully saturated rings. The Morgan fingerprint density at radius 2 is 1.83 bits per heavy atom. The summed E-state index contributed by atoms with van der Waals surface area (Å²) < 4.78 is 0.